The molecule has 7 heteroatoms. The highest BCUT2D eigenvalue weighted by Gasteiger charge is 2.12. The molecular weight excluding hydrogens is 313 g/mol. The third-order valence-electron chi connectivity index (χ3n) is 3.21. The van der Waals surface area contributed by atoms with E-state index in [9.17, 15) is 4.39 Å². The zero-order valence-electron chi connectivity index (χ0n) is 11.8. The first kappa shape index (κ1) is 13.7. The Kier molecular flexibility index (Phi) is 3.39. The standard InChI is InChI=1S/C16H10FN5S/c17-13-6-3-11(4-7-13)5-8-14-21-22-15(19-20-16(22)23-14)12-2-1-9-18-10-12/h1-10H. The SMILES string of the molecule is Fc1ccc(C=Cc2nn3c(-c4cccnc4)nnc3s2)cc1. The summed E-state index contributed by atoms with van der Waals surface area (Å²) in [6.45, 7) is 0. The van der Waals surface area contributed by atoms with E-state index in [0.717, 1.165) is 16.1 Å². The van der Waals surface area contributed by atoms with Crippen molar-refractivity contribution in [2.75, 3.05) is 0 Å². The summed E-state index contributed by atoms with van der Waals surface area (Å²) < 4.78 is 14.6. The van der Waals surface area contributed by atoms with Crippen LogP contribution in [0.15, 0.2) is 48.8 Å². The van der Waals surface area contributed by atoms with Crippen LogP contribution in [-0.4, -0.2) is 24.8 Å². The van der Waals surface area contributed by atoms with E-state index in [1.807, 2.05) is 24.3 Å². The van der Waals surface area contributed by atoms with E-state index in [0.29, 0.717) is 10.8 Å². The first-order chi connectivity index (χ1) is 11.3. The maximum Gasteiger partial charge on any atom is 0.235 e. The van der Waals surface area contributed by atoms with Crippen molar-refractivity contribution in [3.63, 3.8) is 0 Å². The molecular formula is C16H10FN5S. The van der Waals surface area contributed by atoms with Gasteiger partial charge in [0.1, 0.15) is 10.8 Å². The Morgan fingerprint density at radius 1 is 1.04 bits per heavy atom. The number of halogens is 1. The van der Waals surface area contributed by atoms with Crippen molar-refractivity contribution in [3.05, 3.63) is 65.2 Å². The molecule has 0 saturated heterocycles. The summed E-state index contributed by atoms with van der Waals surface area (Å²) in [7, 11) is 0. The van der Waals surface area contributed by atoms with Crippen molar-refractivity contribution in [3.8, 4) is 11.4 Å². The summed E-state index contributed by atoms with van der Waals surface area (Å²) in [4.78, 5) is 4.80. The molecule has 0 saturated carbocycles. The Bertz CT molecular complexity index is 973. The van der Waals surface area contributed by atoms with Crippen molar-refractivity contribution >= 4 is 28.4 Å². The molecule has 3 aromatic heterocycles. The lowest BCUT2D eigenvalue weighted by molar-refractivity contribution is 0.628. The molecule has 0 amide bonds. The molecule has 0 bridgehead atoms. The number of nitrogens with zero attached hydrogens (tertiary/aromatic N) is 5. The predicted molar refractivity (Wildman–Crippen MR) is 87.2 cm³/mol. The van der Waals surface area contributed by atoms with Gasteiger partial charge in [0.05, 0.1) is 0 Å². The normalized spacial score (nSPS) is 11.5. The number of hydrogen-bond acceptors (Lipinski definition) is 5. The van der Waals surface area contributed by atoms with Crippen molar-refractivity contribution in [1.29, 1.82) is 0 Å². The average Bonchev–Trinajstić information content (AvgIpc) is 3.15. The van der Waals surface area contributed by atoms with Crippen LogP contribution in [-0.2, 0) is 0 Å². The molecule has 0 radical (unpaired) electrons. The molecule has 0 aliphatic rings. The lowest BCUT2D eigenvalue weighted by Gasteiger charge is -1.94. The molecule has 0 aliphatic heterocycles. The zero-order chi connectivity index (χ0) is 15.6. The van der Waals surface area contributed by atoms with Crippen molar-refractivity contribution < 1.29 is 4.39 Å². The summed E-state index contributed by atoms with van der Waals surface area (Å²) in [5, 5.41) is 13.6. The molecule has 0 fully saturated rings. The molecule has 4 aromatic rings. The Hall–Kier alpha value is -2.93. The van der Waals surface area contributed by atoms with E-state index < -0.39 is 0 Å². The van der Waals surface area contributed by atoms with Gasteiger partial charge in [-0.2, -0.15) is 9.61 Å². The molecule has 1 aromatic carbocycles. The number of benzene rings is 1. The second-order valence-corrected chi connectivity index (χ2v) is 5.77. The van der Waals surface area contributed by atoms with Gasteiger partial charge in [-0.25, -0.2) is 4.39 Å². The highest BCUT2D eigenvalue weighted by atomic mass is 32.1. The van der Waals surface area contributed by atoms with Gasteiger partial charge in [0, 0.05) is 18.0 Å². The smallest absolute Gasteiger partial charge is 0.235 e. The quantitative estimate of drug-likeness (QED) is 0.578. The van der Waals surface area contributed by atoms with Crippen LogP contribution < -0.4 is 0 Å². The van der Waals surface area contributed by atoms with Crippen LogP contribution in [0.25, 0.3) is 28.5 Å². The lowest BCUT2D eigenvalue weighted by atomic mass is 10.2. The number of fused-ring (bicyclic) bond motifs is 1. The highest BCUT2D eigenvalue weighted by molar-refractivity contribution is 7.17. The third-order valence-corrected chi connectivity index (χ3v) is 4.08. The van der Waals surface area contributed by atoms with Gasteiger partial charge in [0.15, 0.2) is 5.82 Å². The van der Waals surface area contributed by atoms with Gasteiger partial charge in [-0.05, 0) is 35.9 Å². The van der Waals surface area contributed by atoms with Crippen LogP contribution in [0.3, 0.4) is 0 Å². The summed E-state index contributed by atoms with van der Waals surface area (Å²) in [6, 6.07) is 10.0. The van der Waals surface area contributed by atoms with Crippen molar-refractivity contribution in [2.24, 2.45) is 0 Å². The molecule has 0 aliphatic carbocycles. The van der Waals surface area contributed by atoms with Gasteiger partial charge >= 0.3 is 0 Å². The fourth-order valence-corrected chi connectivity index (χ4v) is 2.86. The molecule has 3 heterocycles. The van der Waals surface area contributed by atoms with E-state index >= 15 is 0 Å². The topological polar surface area (TPSA) is 56.0 Å². The Labute approximate surface area is 134 Å². The minimum absolute atomic E-state index is 0.248. The lowest BCUT2D eigenvalue weighted by Crippen LogP contribution is -1.90. The number of pyridine rings is 1. The Balaban J connectivity index is 1.67. The molecule has 0 spiro atoms. The number of rotatable bonds is 3. The average molecular weight is 323 g/mol. The van der Waals surface area contributed by atoms with Gasteiger partial charge < -0.3 is 0 Å². The summed E-state index contributed by atoms with van der Waals surface area (Å²) >= 11 is 1.43. The van der Waals surface area contributed by atoms with Crippen LogP contribution in [0.2, 0.25) is 0 Å². The first-order valence-corrected chi connectivity index (χ1v) is 7.67. The first-order valence-electron chi connectivity index (χ1n) is 6.86. The van der Waals surface area contributed by atoms with Crippen LogP contribution in [0.4, 0.5) is 4.39 Å². The maximum absolute atomic E-state index is 12.9. The van der Waals surface area contributed by atoms with Crippen molar-refractivity contribution in [2.45, 2.75) is 0 Å². The zero-order valence-corrected chi connectivity index (χ0v) is 12.6. The van der Waals surface area contributed by atoms with E-state index in [4.69, 9.17) is 0 Å². The maximum atomic E-state index is 12.9. The molecule has 0 unspecified atom stereocenters. The number of aromatic nitrogens is 5. The largest absolute Gasteiger partial charge is 0.264 e. The van der Waals surface area contributed by atoms with Crippen molar-refractivity contribution in [1.82, 2.24) is 24.8 Å². The van der Waals surface area contributed by atoms with Gasteiger partial charge in [0.2, 0.25) is 4.96 Å². The molecule has 5 nitrogen and oxygen atoms in total. The summed E-state index contributed by atoms with van der Waals surface area (Å²) in [5.74, 6) is 0.410. The Morgan fingerprint density at radius 2 is 1.91 bits per heavy atom. The van der Waals surface area contributed by atoms with E-state index in [1.54, 1.807) is 29.0 Å². The van der Waals surface area contributed by atoms with Crippen LogP contribution in [0, 0.1) is 5.82 Å². The second-order valence-electron chi connectivity index (χ2n) is 4.78. The Morgan fingerprint density at radius 3 is 2.70 bits per heavy atom. The van der Waals surface area contributed by atoms with Crippen LogP contribution >= 0.6 is 11.3 Å². The van der Waals surface area contributed by atoms with Crippen LogP contribution in [0.1, 0.15) is 10.6 Å². The van der Waals surface area contributed by atoms with E-state index in [2.05, 4.69) is 20.3 Å². The minimum Gasteiger partial charge on any atom is -0.264 e. The van der Waals surface area contributed by atoms with Crippen LogP contribution in [0.5, 0.6) is 0 Å². The van der Waals surface area contributed by atoms with E-state index in [-0.39, 0.29) is 5.82 Å². The van der Waals surface area contributed by atoms with Gasteiger partial charge in [-0.15, -0.1) is 10.2 Å². The van der Waals surface area contributed by atoms with Gasteiger partial charge in [-0.3, -0.25) is 4.98 Å². The molecule has 0 N–H and O–H groups in total. The molecule has 112 valence electrons. The fraction of sp³-hybridized carbons (Fsp3) is 0. The summed E-state index contributed by atoms with van der Waals surface area (Å²) in [6.07, 6.45) is 7.19. The fourth-order valence-electron chi connectivity index (χ4n) is 2.12. The highest BCUT2D eigenvalue weighted by Crippen LogP contribution is 2.22. The van der Waals surface area contributed by atoms with E-state index in [1.165, 1.54) is 23.5 Å². The van der Waals surface area contributed by atoms with Gasteiger partial charge in [-0.1, -0.05) is 29.5 Å². The van der Waals surface area contributed by atoms with Gasteiger partial charge in [0.25, 0.3) is 0 Å². The predicted octanol–water partition coefficient (Wildman–Crippen LogP) is 3.56. The third kappa shape index (κ3) is 2.74. The molecule has 0 atom stereocenters. The monoisotopic (exact) mass is 323 g/mol. The minimum atomic E-state index is -0.248. The molecule has 23 heavy (non-hydrogen) atoms. The second kappa shape index (κ2) is 5.69. The molecule has 4 rings (SSSR count). The number of hydrogen-bond donors (Lipinski definition) is 0. The summed E-state index contributed by atoms with van der Waals surface area (Å²) in [5.41, 5.74) is 1.77.